The van der Waals surface area contributed by atoms with Crippen LogP contribution in [0.4, 0.5) is 0 Å². The predicted molar refractivity (Wildman–Crippen MR) is 98.0 cm³/mol. The van der Waals surface area contributed by atoms with Crippen LogP contribution in [0.25, 0.3) is 0 Å². The molecule has 1 unspecified atom stereocenters. The van der Waals surface area contributed by atoms with Gasteiger partial charge < -0.3 is 9.47 Å². The molecule has 24 heavy (non-hydrogen) atoms. The molecule has 1 aromatic rings. The van der Waals surface area contributed by atoms with E-state index in [0.29, 0.717) is 11.8 Å². The molecule has 2 heterocycles. The largest absolute Gasteiger partial charge is 0.489 e. The van der Waals surface area contributed by atoms with E-state index < -0.39 is 0 Å². The molecule has 2 nitrogen and oxygen atoms in total. The maximum Gasteiger partial charge on any atom is 0.127 e. The van der Waals surface area contributed by atoms with Gasteiger partial charge in [0.05, 0.1) is 0 Å². The van der Waals surface area contributed by atoms with Gasteiger partial charge in [0.25, 0.3) is 0 Å². The van der Waals surface area contributed by atoms with E-state index in [1.165, 1.54) is 54.4 Å². The van der Waals surface area contributed by atoms with Crippen LogP contribution in [0.2, 0.25) is 0 Å². The summed E-state index contributed by atoms with van der Waals surface area (Å²) in [7, 11) is 0. The second-order valence-electron chi connectivity index (χ2n) is 8.39. The van der Waals surface area contributed by atoms with Crippen molar-refractivity contribution in [3.8, 4) is 11.5 Å². The van der Waals surface area contributed by atoms with E-state index >= 15 is 0 Å². The number of unbranched alkanes of at least 4 members (excludes halogenated alkanes) is 2. The summed E-state index contributed by atoms with van der Waals surface area (Å²) in [6.45, 7) is 9.87. The van der Waals surface area contributed by atoms with Crippen molar-refractivity contribution in [2.45, 2.75) is 77.7 Å². The smallest absolute Gasteiger partial charge is 0.127 e. The third kappa shape index (κ3) is 2.46. The van der Waals surface area contributed by atoms with Crippen molar-refractivity contribution in [3.05, 3.63) is 34.4 Å². The van der Waals surface area contributed by atoms with Crippen molar-refractivity contribution in [1.29, 1.82) is 0 Å². The van der Waals surface area contributed by atoms with E-state index in [1.807, 2.05) is 0 Å². The molecule has 0 spiro atoms. The maximum absolute atomic E-state index is 6.53. The Hall–Kier alpha value is -1.44. The lowest BCUT2D eigenvalue weighted by Crippen LogP contribution is -2.48. The minimum Gasteiger partial charge on any atom is -0.489 e. The molecular weight excluding hydrogens is 296 g/mol. The van der Waals surface area contributed by atoms with E-state index in [1.54, 1.807) is 0 Å². The molecule has 0 fully saturated rings. The van der Waals surface area contributed by atoms with Crippen molar-refractivity contribution in [3.63, 3.8) is 0 Å². The van der Waals surface area contributed by atoms with Crippen LogP contribution >= 0.6 is 0 Å². The normalized spacial score (nSPS) is 26.5. The summed E-state index contributed by atoms with van der Waals surface area (Å²) >= 11 is 0. The van der Waals surface area contributed by atoms with E-state index in [4.69, 9.17) is 9.47 Å². The van der Waals surface area contributed by atoms with E-state index in [0.717, 1.165) is 24.5 Å². The Morgan fingerprint density at radius 2 is 1.96 bits per heavy atom. The van der Waals surface area contributed by atoms with Crippen LogP contribution in [0.15, 0.2) is 23.3 Å². The highest BCUT2D eigenvalue weighted by molar-refractivity contribution is 5.58. The first-order valence-corrected chi connectivity index (χ1v) is 9.68. The second-order valence-corrected chi connectivity index (χ2v) is 8.39. The summed E-state index contributed by atoms with van der Waals surface area (Å²) in [6, 6.07) is 4.58. The molecule has 0 bridgehead atoms. The van der Waals surface area contributed by atoms with Crippen molar-refractivity contribution < 1.29 is 9.47 Å². The summed E-state index contributed by atoms with van der Waals surface area (Å²) in [5.41, 5.74) is 5.67. The molecule has 1 aliphatic carbocycles. The fraction of sp³-hybridized carbons (Fsp3) is 0.636. The standard InChI is InChI=1S/C22H30O2/c1-5-6-7-8-15-11-18-21-19(12-15)24-22(3,4)17-10-9-14(2)16(13-23-18)20(17)21/h11-12,17,20H,5-10,13H2,1-4H3/t17-,20?/m1/s1. The SMILES string of the molecule is CCCCCc1cc2c3c(c1)OC(C)(C)[C@@H]1CCC(C)=C(CO2)C31. The molecule has 4 rings (SSSR count). The molecule has 0 aromatic heterocycles. The molecule has 0 radical (unpaired) electrons. The van der Waals surface area contributed by atoms with Crippen molar-refractivity contribution in [2.75, 3.05) is 6.61 Å². The van der Waals surface area contributed by atoms with E-state index in [2.05, 4.69) is 39.8 Å². The molecular formula is C22H30O2. The third-order valence-electron chi connectivity index (χ3n) is 6.35. The zero-order valence-corrected chi connectivity index (χ0v) is 15.6. The second kappa shape index (κ2) is 5.82. The van der Waals surface area contributed by atoms with E-state index in [9.17, 15) is 0 Å². The lowest BCUT2D eigenvalue weighted by atomic mass is 9.64. The Labute approximate surface area is 146 Å². The van der Waals surface area contributed by atoms with Crippen LogP contribution in [0.1, 0.15) is 76.8 Å². The highest BCUT2D eigenvalue weighted by Gasteiger charge is 2.49. The van der Waals surface area contributed by atoms with Gasteiger partial charge in [-0.1, -0.05) is 25.3 Å². The Kier molecular flexibility index (Phi) is 3.89. The summed E-state index contributed by atoms with van der Waals surface area (Å²) < 4.78 is 12.7. The fourth-order valence-electron chi connectivity index (χ4n) is 4.95. The lowest BCUT2D eigenvalue weighted by molar-refractivity contribution is 0.00294. The van der Waals surface area contributed by atoms with Gasteiger partial charge in [0, 0.05) is 17.4 Å². The molecule has 2 atom stereocenters. The summed E-state index contributed by atoms with van der Waals surface area (Å²) in [6.07, 6.45) is 7.33. The van der Waals surface area contributed by atoms with Gasteiger partial charge in [-0.15, -0.1) is 0 Å². The zero-order chi connectivity index (χ0) is 16.9. The zero-order valence-electron chi connectivity index (χ0n) is 15.6. The van der Waals surface area contributed by atoms with Crippen LogP contribution in [-0.2, 0) is 6.42 Å². The fourth-order valence-corrected chi connectivity index (χ4v) is 4.95. The molecule has 130 valence electrons. The van der Waals surface area contributed by atoms with Gasteiger partial charge in [0.2, 0.25) is 0 Å². The van der Waals surface area contributed by atoms with Crippen molar-refractivity contribution in [1.82, 2.24) is 0 Å². The van der Waals surface area contributed by atoms with Crippen LogP contribution in [-0.4, -0.2) is 12.2 Å². The Balaban J connectivity index is 1.79. The monoisotopic (exact) mass is 326 g/mol. The molecule has 0 saturated heterocycles. The molecule has 1 aromatic carbocycles. The molecule has 3 aliphatic rings. The maximum atomic E-state index is 6.53. The Bertz CT molecular complexity index is 683. The minimum absolute atomic E-state index is 0.0970. The van der Waals surface area contributed by atoms with Gasteiger partial charge in [-0.05, 0) is 69.7 Å². The number of rotatable bonds is 4. The Morgan fingerprint density at radius 3 is 2.75 bits per heavy atom. The van der Waals surface area contributed by atoms with Crippen LogP contribution in [0.5, 0.6) is 11.5 Å². The predicted octanol–water partition coefficient (Wildman–Crippen LogP) is 5.79. The average Bonchev–Trinajstić information content (AvgIpc) is 2.53. The molecule has 2 aliphatic heterocycles. The highest BCUT2D eigenvalue weighted by atomic mass is 16.5. The van der Waals surface area contributed by atoms with Gasteiger partial charge >= 0.3 is 0 Å². The molecule has 0 amide bonds. The number of aryl methyl sites for hydroxylation is 1. The first kappa shape index (κ1) is 16.1. The number of benzene rings is 1. The summed E-state index contributed by atoms with van der Waals surface area (Å²) in [4.78, 5) is 0. The molecule has 0 N–H and O–H groups in total. The lowest BCUT2D eigenvalue weighted by Gasteiger charge is -2.50. The number of hydrogen-bond acceptors (Lipinski definition) is 2. The van der Waals surface area contributed by atoms with Crippen molar-refractivity contribution in [2.24, 2.45) is 5.92 Å². The summed E-state index contributed by atoms with van der Waals surface area (Å²) in [5.74, 6) is 3.24. The first-order chi connectivity index (χ1) is 11.5. The van der Waals surface area contributed by atoms with Crippen LogP contribution in [0, 0.1) is 5.92 Å². The van der Waals surface area contributed by atoms with Gasteiger partial charge in [0.1, 0.15) is 23.7 Å². The topological polar surface area (TPSA) is 18.5 Å². The van der Waals surface area contributed by atoms with Crippen molar-refractivity contribution >= 4 is 0 Å². The number of hydrogen-bond donors (Lipinski definition) is 0. The van der Waals surface area contributed by atoms with Gasteiger partial charge in [-0.3, -0.25) is 0 Å². The average molecular weight is 326 g/mol. The first-order valence-electron chi connectivity index (χ1n) is 9.68. The van der Waals surface area contributed by atoms with Gasteiger partial charge in [-0.25, -0.2) is 0 Å². The summed E-state index contributed by atoms with van der Waals surface area (Å²) in [5, 5.41) is 0. The van der Waals surface area contributed by atoms with Crippen LogP contribution in [0.3, 0.4) is 0 Å². The number of ether oxygens (including phenoxy) is 2. The molecule has 0 saturated carbocycles. The highest BCUT2D eigenvalue weighted by Crippen LogP contribution is 2.58. The minimum atomic E-state index is -0.0970. The molecule has 2 heteroatoms. The Morgan fingerprint density at radius 1 is 1.17 bits per heavy atom. The van der Waals surface area contributed by atoms with Crippen LogP contribution < -0.4 is 9.47 Å². The third-order valence-corrected chi connectivity index (χ3v) is 6.35. The number of allylic oxidation sites excluding steroid dienone is 1. The van der Waals surface area contributed by atoms with E-state index in [-0.39, 0.29) is 5.60 Å². The van der Waals surface area contributed by atoms with Gasteiger partial charge in [-0.2, -0.15) is 0 Å². The van der Waals surface area contributed by atoms with Gasteiger partial charge in [0.15, 0.2) is 0 Å². The quantitative estimate of drug-likeness (QED) is 0.515.